The van der Waals surface area contributed by atoms with Crippen LogP contribution < -0.4 is 4.74 Å². The summed E-state index contributed by atoms with van der Waals surface area (Å²) in [5, 5.41) is 9.12. The molecule has 1 rings (SSSR count). The van der Waals surface area contributed by atoms with Gasteiger partial charge in [0.15, 0.2) is 0 Å². The zero-order valence-electron chi connectivity index (χ0n) is 10.6. The van der Waals surface area contributed by atoms with Crippen LogP contribution in [0.3, 0.4) is 0 Å². The molecule has 0 aliphatic carbocycles. The minimum Gasteiger partial charge on any atom is -0.496 e. The maximum atomic E-state index is 11.1. The van der Waals surface area contributed by atoms with Crippen LogP contribution in [-0.4, -0.2) is 24.4 Å². The fourth-order valence-electron chi connectivity index (χ4n) is 1.55. The lowest BCUT2D eigenvalue weighted by Crippen LogP contribution is -2.26. The summed E-state index contributed by atoms with van der Waals surface area (Å²) in [5.74, 6) is -0.0420. The lowest BCUT2D eigenvalue weighted by molar-refractivity contribution is -0.146. The maximum Gasteiger partial charge on any atom is 0.309 e. The molecule has 94 valence electrons. The molecule has 0 spiro atoms. The SMILES string of the molecule is COc1cc(SC)ccc1CC(C)(C)C(=O)O. The summed E-state index contributed by atoms with van der Waals surface area (Å²) in [5.41, 5.74) is 0.145. The van der Waals surface area contributed by atoms with E-state index in [-0.39, 0.29) is 0 Å². The first-order chi connectivity index (χ1) is 7.90. The fraction of sp³-hybridized carbons (Fsp3) is 0.462. The lowest BCUT2D eigenvalue weighted by atomic mass is 9.85. The largest absolute Gasteiger partial charge is 0.496 e. The third kappa shape index (κ3) is 3.40. The molecule has 0 bridgehead atoms. The van der Waals surface area contributed by atoms with Crippen molar-refractivity contribution in [2.75, 3.05) is 13.4 Å². The summed E-state index contributed by atoms with van der Waals surface area (Å²) < 4.78 is 5.31. The van der Waals surface area contributed by atoms with Crippen LogP contribution in [0.4, 0.5) is 0 Å². The Morgan fingerprint density at radius 2 is 2.12 bits per heavy atom. The van der Waals surface area contributed by atoms with E-state index in [1.54, 1.807) is 32.7 Å². The van der Waals surface area contributed by atoms with E-state index in [0.717, 1.165) is 16.2 Å². The minimum absolute atomic E-state index is 0.458. The molecule has 3 nitrogen and oxygen atoms in total. The van der Waals surface area contributed by atoms with Crippen molar-refractivity contribution >= 4 is 17.7 Å². The van der Waals surface area contributed by atoms with Crippen LogP contribution in [0.15, 0.2) is 23.1 Å². The van der Waals surface area contributed by atoms with Crippen molar-refractivity contribution in [1.82, 2.24) is 0 Å². The highest BCUT2D eigenvalue weighted by Crippen LogP contribution is 2.31. The monoisotopic (exact) mass is 254 g/mol. The summed E-state index contributed by atoms with van der Waals surface area (Å²) in [6.07, 6.45) is 2.45. The van der Waals surface area contributed by atoms with E-state index >= 15 is 0 Å². The second-order valence-electron chi connectivity index (χ2n) is 4.54. The maximum absolute atomic E-state index is 11.1. The van der Waals surface area contributed by atoms with Gasteiger partial charge in [-0.05, 0) is 44.2 Å². The average molecular weight is 254 g/mol. The van der Waals surface area contributed by atoms with Gasteiger partial charge in [-0.1, -0.05) is 6.07 Å². The Morgan fingerprint density at radius 1 is 1.47 bits per heavy atom. The molecule has 0 heterocycles. The molecule has 0 unspecified atom stereocenters. The Labute approximate surface area is 106 Å². The number of aliphatic carboxylic acids is 1. The molecule has 1 aromatic rings. The molecule has 17 heavy (non-hydrogen) atoms. The van der Waals surface area contributed by atoms with Gasteiger partial charge in [-0.25, -0.2) is 0 Å². The highest BCUT2D eigenvalue weighted by molar-refractivity contribution is 7.98. The predicted molar refractivity (Wildman–Crippen MR) is 69.9 cm³/mol. The topological polar surface area (TPSA) is 46.5 Å². The second kappa shape index (κ2) is 5.45. The van der Waals surface area contributed by atoms with Crippen LogP contribution in [0.2, 0.25) is 0 Å². The number of rotatable bonds is 5. The standard InChI is InChI=1S/C13H18O3S/c1-13(2,12(14)15)8-9-5-6-10(17-4)7-11(9)16-3/h5-7H,8H2,1-4H3,(H,14,15). The van der Waals surface area contributed by atoms with Crippen LogP contribution in [-0.2, 0) is 11.2 Å². The summed E-state index contributed by atoms with van der Waals surface area (Å²) >= 11 is 1.64. The molecule has 0 atom stereocenters. The number of hydrogen-bond donors (Lipinski definition) is 1. The number of hydrogen-bond acceptors (Lipinski definition) is 3. The second-order valence-corrected chi connectivity index (χ2v) is 5.42. The molecular weight excluding hydrogens is 236 g/mol. The molecule has 0 fully saturated rings. The van der Waals surface area contributed by atoms with Crippen LogP contribution in [0.5, 0.6) is 5.75 Å². The van der Waals surface area contributed by atoms with E-state index in [0.29, 0.717) is 6.42 Å². The third-order valence-corrected chi connectivity index (χ3v) is 3.43. The van der Waals surface area contributed by atoms with Crippen molar-refractivity contribution in [2.24, 2.45) is 5.41 Å². The minimum atomic E-state index is -0.798. The molecule has 0 aromatic heterocycles. The van der Waals surface area contributed by atoms with Crippen LogP contribution >= 0.6 is 11.8 Å². The van der Waals surface area contributed by atoms with Crippen molar-refractivity contribution in [3.63, 3.8) is 0 Å². The molecule has 0 aliphatic rings. The molecule has 0 saturated carbocycles. The van der Waals surface area contributed by atoms with Gasteiger partial charge in [-0.3, -0.25) is 4.79 Å². The number of benzene rings is 1. The van der Waals surface area contributed by atoms with E-state index in [9.17, 15) is 4.79 Å². The first-order valence-electron chi connectivity index (χ1n) is 5.35. The van der Waals surface area contributed by atoms with Crippen molar-refractivity contribution in [1.29, 1.82) is 0 Å². The van der Waals surface area contributed by atoms with E-state index < -0.39 is 11.4 Å². The first-order valence-corrected chi connectivity index (χ1v) is 6.57. The molecule has 4 heteroatoms. The molecule has 0 aliphatic heterocycles. The van der Waals surface area contributed by atoms with E-state index in [2.05, 4.69) is 0 Å². The van der Waals surface area contributed by atoms with Gasteiger partial charge in [0.25, 0.3) is 0 Å². The Balaban J connectivity index is 3.02. The van der Waals surface area contributed by atoms with E-state index in [1.807, 2.05) is 24.5 Å². The molecule has 0 radical (unpaired) electrons. The summed E-state index contributed by atoms with van der Waals surface area (Å²) in [6.45, 7) is 3.44. The van der Waals surface area contributed by atoms with Crippen LogP contribution in [0, 0.1) is 5.41 Å². The quantitative estimate of drug-likeness (QED) is 0.820. The predicted octanol–water partition coefficient (Wildman–Crippen LogP) is 3.07. The number of carbonyl (C=O) groups is 1. The van der Waals surface area contributed by atoms with Gasteiger partial charge in [0.2, 0.25) is 0 Å². The highest BCUT2D eigenvalue weighted by atomic mass is 32.2. The van der Waals surface area contributed by atoms with Crippen molar-refractivity contribution in [2.45, 2.75) is 25.2 Å². The first kappa shape index (κ1) is 13.9. The van der Waals surface area contributed by atoms with Crippen molar-refractivity contribution < 1.29 is 14.6 Å². The molecule has 1 N–H and O–H groups in total. The Morgan fingerprint density at radius 3 is 2.59 bits per heavy atom. The Bertz CT molecular complexity index is 413. The number of ether oxygens (including phenoxy) is 1. The Hall–Kier alpha value is -1.16. The van der Waals surface area contributed by atoms with Gasteiger partial charge in [0.1, 0.15) is 5.75 Å². The molecular formula is C13H18O3S. The van der Waals surface area contributed by atoms with Gasteiger partial charge in [0, 0.05) is 4.90 Å². The van der Waals surface area contributed by atoms with Crippen molar-refractivity contribution in [3.8, 4) is 5.75 Å². The number of carboxylic acids is 1. The van der Waals surface area contributed by atoms with E-state index in [4.69, 9.17) is 9.84 Å². The number of methoxy groups -OCH3 is 1. The smallest absolute Gasteiger partial charge is 0.309 e. The lowest BCUT2D eigenvalue weighted by Gasteiger charge is -2.20. The normalized spacial score (nSPS) is 11.3. The molecule has 0 saturated heterocycles. The van der Waals surface area contributed by atoms with Crippen LogP contribution in [0.25, 0.3) is 0 Å². The molecule has 0 amide bonds. The summed E-state index contributed by atoms with van der Waals surface area (Å²) in [6, 6.07) is 5.87. The van der Waals surface area contributed by atoms with Gasteiger partial charge < -0.3 is 9.84 Å². The van der Waals surface area contributed by atoms with Gasteiger partial charge in [-0.2, -0.15) is 0 Å². The number of carboxylic acid groups (broad SMARTS) is 1. The van der Waals surface area contributed by atoms with Crippen LogP contribution in [0.1, 0.15) is 19.4 Å². The number of thioether (sulfide) groups is 1. The van der Waals surface area contributed by atoms with Gasteiger partial charge in [0.05, 0.1) is 12.5 Å². The summed E-state index contributed by atoms with van der Waals surface area (Å²) in [4.78, 5) is 12.2. The third-order valence-electron chi connectivity index (χ3n) is 2.71. The van der Waals surface area contributed by atoms with Gasteiger partial charge in [-0.15, -0.1) is 11.8 Å². The fourth-order valence-corrected chi connectivity index (χ4v) is 1.98. The highest BCUT2D eigenvalue weighted by Gasteiger charge is 2.28. The van der Waals surface area contributed by atoms with E-state index in [1.165, 1.54) is 0 Å². The van der Waals surface area contributed by atoms with Crippen molar-refractivity contribution in [3.05, 3.63) is 23.8 Å². The summed E-state index contributed by atoms with van der Waals surface area (Å²) in [7, 11) is 1.61. The zero-order chi connectivity index (χ0) is 13.1. The zero-order valence-corrected chi connectivity index (χ0v) is 11.4. The average Bonchev–Trinajstić information content (AvgIpc) is 2.29. The molecule has 1 aromatic carbocycles. The van der Waals surface area contributed by atoms with Gasteiger partial charge >= 0.3 is 5.97 Å². The Kier molecular flexibility index (Phi) is 4.46.